The summed E-state index contributed by atoms with van der Waals surface area (Å²) in [5.74, 6) is 2.49. The van der Waals surface area contributed by atoms with E-state index in [2.05, 4.69) is 34.6 Å². The lowest BCUT2D eigenvalue weighted by Gasteiger charge is -2.18. The zero-order valence-electron chi connectivity index (χ0n) is 17.2. The van der Waals surface area contributed by atoms with Crippen LogP contribution in [0.2, 0.25) is 0 Å². The van der Waals surface area contributed by atoms with Crippen molar-refractivity contribution in [1.29, 1.82) is 0 Å². The highest BCUT2D eigenvalue weighted by atomic mass is 127. The first kappa shape index (κ1) is 24.0. The predicted molar refractivity (Wildman–Crippen MR) is 122 cm³/mol. The van der Waals surface area contributed by atoms with Gasteiger partial charge in [-0.2, -0.15) is 5.10 Å². The molecule has 1 aliphatic heterocycles. The normalized spacial score (nSPS) is 15.0. The second-order valence-corrected chi connectivity index (χ2v) is 7.18. The molecule has 0 aliphatic carbocycles. The summed E-state index contributed by atoms with van der Waals surface area (Å²) >= 11 is 0. The number of fused-ring (bicyclic) bond motifs is 1. The molecule has 2 N–H and O–H groups in total. The SMILES string of the molecule is CCCCC(CC)CNC(=NC)NCCCn1nc2n(c1=O)CCCC2.I. The fourth-order valence-corrected chi connectivity index (χ4v) is 3.43. The van der Waals surface area contributed by atoms with Gasteiger partial charge in [0.25, 0.3) is 0 Å². The van der Waals surface area contributed by atoms with Crippen molar-refractivity contribution in [1.82, 2.24) is 25.0 Å². The monoisotopic (exact) mass is 492 g/mol. The number of hydrogen-bond donors (Lipinski definition) is 2. The molecular formula is C19H37IN6O. The fourth-order valence-electron chi connectivity index (χ4n) is 3.43. The van der Waals surface area contributed by atoms with Gasteiger partial charge in [-0.05, 0) is 31.6 Å². The van der Waals surface area contributed by atoms with E-state index in [-0.39, 0.29) is 29.7 Å². The number of aryl methyl sites for hydroxylation is 2. The number of halogens is 1. The smallest absolute Gasteiger partial charge is 0.345 e. The maximum atomic E-state index is 12.3. The molecule has 1 unspecified atom stereocenters. The van der Waals surface area contributed by atoms with Crippen LogP contribution in [0.15, 0.2) is 9.79 Å². The van der Waals surface area contributed by atoms with Crippen LogP contribution in [0.3, 0.4) is 0 Å². The van der Waals surface area contributed by atoms with Crippen LogP contribution in [-0.2, 0) is 19.5 Å². The molecule has 0 fully saturated rings. The zero-order chi connectivity index (χ0) is 18.8. The van der Waals surface area contributed by atoms with Gasteiger partial charge < -0.3 is 10.6 Å². The van der Waals surface area contributed by atoms with Crippen molar-refractivity contribution >= 4 is 29.9 Å². The maximum absolute atomic E-state index is 12.3. The van der Waals surface area contributed by atoms with Crippen molar-refractivity contribution in [3.8, 4) is 0 Å². The summed E-state index contributed by atoms with van der Waals surface area (Å²) in [7, 11) is 1.80. The Labute approximate surface area is 180 Å². The lowest BCUT2D eigenvalue weighted by atomic mass is 9.99. The summed E-state index contributed by atoms with van der Waals surface area (Å²) in [4.78, 5) is 16.6. The van der Waals surface area contributed by atoms with E-state index in [1.807, 2.05) is 4.57 Å². The quantitative estimate of drug-likeness (QED) is 0.228. The van der Waals surface area contributed by atoms with Gasteiger partial charge in [0.2, 0.25) is 0 Å². The summed E-state index contributed by atoms with van der Waals surface area (Å²) < 4.78 is 3.45. The highest BCUT2D eigenvalue weighted by Gasteiger charge is 2.16. The first-order valence-corrected chi connectivity index (χ1v) is 10.3. The maximum Gasteiger partial charge on any atom is 0.345 e. The molecule has 0 radical (unpaired) electrons. The molecule has 0 bridgehead atoms. The molecule has 8 heteroatoms. The van der Waals surface area contributed by atoms with Crippen molar-refractivity contribution in [3.05, 3.63) is 16.3 Å². The van der Waals surface area contributed by atoms with E-state index in [4.69, 9.17) is 0 Å². The third kappa shape index (κ3) is 7.46. The van der Waals surface area contributed by atoms with Gasteiger partial charge in [0, 0.05) is 39.6 Å². The average Bonchev–Trinajstić information content (AvgIpc) is 2.99. The second-order valence-electron chi connectivity index (χ2n) is 7.18. The van der Waals surface area contributed by atoms with E-state index in [0.29, 0.717) is 12.5 Å². The largest absolute Gasteiger partial charge is 0.356 e. The van der Waals surface area contributed by atoms with Crippen LogP contribution < -0.4 is 16.3 Å². The summed E-state index contributed by atoms with van der Waals surface area (Å²) in [5, 5.41) is 11.3. The van der Waals surface area contributed by atoms with Crippen LogP contribution in [-0.4, -0.2) is 40.4 Å². The number of hydrogen-bond acceptors (Lipinski definition) is 3. The fraction of sp³-hybridized carbons (Fsp3) is 0.842. The minimum absolute atomic E-state index is 0. The Kier molecular flexibility index (Phi) is 11.7. The Morgan fingerprint density at radius 3 is 2.74 bits per heavy atom. The lowest BCUT2D eigenvalue weighted by molar-refractivity contribution is 0.443. The van der Waals surface area contributed by atoms with Crippen molar-refractivity contribution in [2.75, 3.05) is 20.1 Å². The van der Waals surface area contributed by atoms with E-state index in [1.54, 1.807) is 11.7 Å². The van der Waals surface area contributed by atoms with Gasteiger partial charge in [-0.15, -0.1) is 24.0 Å². The highest BCUT2D eigenvalue weighted by molar-refractivity contribution is 14.0. The first-order valence-electron chi connectivity index (χ1n) is 10.3. The number of unbranched alkanes of at least 4 members (excludes halogenated alkanes) is 1. The highest BCUT2D eigenvalue weighted by Crippen LogP contribution is 2.11. The Hall–Kier alpha value is -1.06. The predicted octanol–water partition coefficient (Wildman–Crippen LogP) is 2.77. The number of aliphatic imine (C=N–C) groups is 1. The number of aromatic nitrogens is 3. The van der Waals surface area contributed by atoms with E-state index >= 15 is 0 Å². The molecule has 1 aromatic heterocycles. The summed E-state index contributed by atoms with van der Waals surface area (Å²) in [6.45, 7) is 7.70. The number of nitrogens with one attached hydrogen (secondary N) is 2. The summed E-state index contributed by atoms with van der Waals surface area (Å²) in [6.07, 6.45) is 8.99. The second kappa shape index (κ2) is 13.2. The first-order chi connectivity index (χ1) is 12.7. The van der Waals surface area contributed by atoms with Crippen LogP contribution in [0.25, 0.3) is 0 Å². The zero-order valence-corrected chi connectivity index (χ0v) is 19.5. The van der Waals surface area contributed by atoms with Crippen LogP contribution in [0, 0.1) is 5.92 Å². The van der Waals surface area contributed by atoms with E-state index in [9.17, 15) is 4.79 Å². The molecule has 1 aromatic rings. The Balaban J connectivity index is 0.00000364. The molecule has 2 rings (SSSR count). The minimum atomic E-state index is 0. The minimum Gasteiger partial charge on any atom is -0.356 e. The molecule has 0 saturated heterocycles. The molecule has 156 valence electrons. The lowest BCUT2D eigenvalue weighted by Crippen LogP contribution is -2.40. The van der Waals surface area contributed by atoms with E-state index in [0.717, 1.165) is 57.1 Å². The molecule has 0 aromatic carbocycles. The van der Waals surface area contributed by atoms with Gasteiger partial charge in [0.15, 0.2) is 5.96 Å². The number of rotatable bonds is 10. The van der Waals surface area contributed by atoms with Gasteiger partial charge in [0.05, 0.1) is 0 Å². The molecule has 1 aliphatic rings. The molecule has 27 heavy (non-hydrogen) atoms. The van der Waals surface area contributed by atoms with Crippen molar-refractivity contribution in [3.63, 3.8) is 0 Å². The van der Waals surface area contributed by atoms with Crippen LogP contribution in [0.4, 0.5) is 0 Å². The number of nitrogens with zero attached hydrogens (tertiary/aromatic N) is 4. The van der Waals surface area contributed by atoms with Crippen molar-refractivity contribution in [2.24, 2.45) is 10.9 Å². The third-order valence-corrected chi connectivity index (χ3v) is 5.20. The van der Waals surface area contributed by atoms with Crippen LogP contribution in [0.5, 0.6) is 0 Å². The number of guanidine groups is 1. The molecule has 0 spiro atoms. The van der Waals surface area contributed by atoms with Crippen molar-refractivity contribution < 1.29 is 0 Å². The average molecular weight is 492 g/mol. The standard InChI is InChI=1S/C19H36N6O.HI/c1-4-6-10-16(5-2)15-22-18(20-3)21-12-9-14-25-19(26)24-13-8-7-11-17(24)23-25;/h16H,4-15H2,1-3H3,(H2,20,21,22);1H. The molecule has 7 nitrogen and oxygen atoms in total. The Morgan fingerprint density at radius 2 is 2.07 bits per heavy atom. The van der Waals surface area contributed by atoms with Gasteiger partial charge in [0.1, 0.15) is 5.82 Å². The van der Waals surface area contributed by atoms with Gasteiger partial charge in [-0.1, -0.05) is 33.1 Å². The summed E-state index contributed by atoms with van der Waals surface area (Å²) in [5.41, 5.74) is 0.0453. The van der Waals surface area contributed by atoms with Gasteiger partial charge in [-0.25, -0.2) is 9.48 Å². The molecular weight excluding hydrogens is 455 g/mol. The van der Waals surface area contributed by atoms with Gasteiger partial charge in [-0.3, -0.25) is 9.56 Å². The third-order valence-electron chi connectivity index (χ3n) is 5.20. The topological polar surface area (TPSA) is 76.2 Å². The van der Waals surface area contributed by atoms with Gasteiger partial charge >= 0.3 is 5.69 Å². The Bertz CT molecular complexity index is 624. The van der Waals surface area contributed by atoms with Crippen LogP contribution >= 0.6 is 24.0 Å². The molecule has 0 amide bonds. The van der Waals surface area contributed by atoms with E-state index < -0.39 is 0 Å². The van der Waals surface area contributed by atoms with Crippen LogP contribution in [0.1, 0.15) is 64.6 Å². The molecule has 0 saturated carbocycles. The Morgan fingerprint density at radius 1 is 1.26 bits per heavy atom. The summed E-state index contributed by atoms with van der Waals surface area (Å²) in [6, 6.07) is 0. The molecule has 2 heterocycles. The molecule has 1 atom stereocenters. The van der Waals surface area contributed by atoms with E-state index in [1.165, 1.54) is 25.7 Å². The van der Waals surface area contributed by atoms with Crippen molar-refractivity contribution in [2.45, 2.75) is 78.3 Å².